The third kappa shape index (κ3) is 2.93. The fraction of sp³-hybridized carbons (Fsp3) is 0.0417. The standard InChI is InChI=1S/C24H17N3O2/c1-14-9-16(4-6-19(14)24(28)29)21-13-27-23-20(21)11-18(12-26-23)15-5-7-22-17(10-15)3-2-8-25-22/h2-13H,1H3,(H,26,27)(H,28,29). The van der Waals surface area contributed by atoms with Crippen LogP contribution in [0.4, 0.5) is 0 Å². The van der Waals surface area contributed by atoms with Crippen LogP contribution in [0.1, 0.15) is 15.9 Å². The molecule has 29 heavy (non-hydrogen) atoms. The van der Waals surface area contributed by atoms with Crippen molar-refractivity contribution in [3.05, 3.63) is 84.3 Å². The first kappa shape index (κ1) is 17.1. The molecule has 2 N–H and O–H groups in total. The van der Waals surface area contributed by atoms with E-state index in [4.69, 9.17) is 0 Å². The summed E-state index contributed by atoms with van der Waals surface area (Å²) in [5.41, 5.74) is 6.85. The summed E-state index contributed by atoms with van der Waals surface area (Å²) in [5.74, 6) is -0.914. The molecule has 0 amide bonds. The van der Waals surface area contributed by atoms with Gasteiger partial charge in [0, 0.05) is 40.5 Å². The molecule has 0 fully saturated rings. The summed E-state index contributed by atoms with van der Waals surface area (Å²) >= 11 is 0. The lowest BCUT2D eigenvalue weighted by molar-refractivity contribution is 0.0696. The number of benzene rings is 2. The summed E-state index contributed by atoms with van der Waals surface area (Å²) in [6.45, 7) is 1.81. The molecule has 5 aromatic rings. The van der Waals surface area contributed by atoms with Crippen LogP contribution >= 0.6 is 0 Å². The number of carboxylic acids is 1. The first-order valence-corrected chi connectivity index (χ1v) is 9.27. The van der Waals surface area contributed by atoms with Crippen molar-refractivity contribution >= 4 is 27.9 Å². The number of aryl methyl sites for hydroxylation is 1. The van der Waals surface area contributed by atoms with Crippen LogP contribution in [0.3, 0.4) is 0 Å². The van der Waals surface area contributed by atoms with E-state index in [1.54, 1.807) is 12.3 Å². The van der Waals surface area contributed by atoms with Gasteiger partial charge in [0.05, 0.1) is 11.1 Å². The third-order valence-electron chi connectivity index (χ3n) is 5.24. The van der Waals surface area contributed by atoms with Gasteiger partial charge in [-0.25, -0.2) is 9.78 Å². The molecular weight excluding hydrogens is 362 g/mol. The Morgan fingerprint density at radius 3 is 2.66 bits per heavy atom. The molecule has 0 saturated carbocycles. The van der Waals surface area contributed by atoms with E-state index in [1.165, 1.54) is 0 Å². The highest BCUT2D eigenvalue weighted by Gasteiger charge is 2.12. The van der Waals surface area contributed by atoms with Crippen LogP contribution < -0.4 is 0 Å². The molecule has 5 nitrogen and oxygen atoms in total. The van der Waals surface area contributed by atoms with Crippen LogP contribution in [0, 0.1) is 6.92 Å². The minimum absolute atomic E-state index is 0.317. The number of pyridine rings is 2. The molecule has 5 heteroatoms. The topological polar surface area (TPSA) is 78.9 Å². The molecule has 0 aliphatic carbocycles. The molecule has 5 rings (SSSR count). The highest BCUT2D eigenvalue weighted by Crippen LogP contribution is 2.32. The quantitative estimate of drug-likeness (QED) is 0.437. The molecular formula is C24H17N3O2. The lowest BCUT2D eigenvalue weighted by atomic mass is 9.98. The number of nitrogens with zero attached hydrogens (tertiary/aromatic N) is 2. The molecule has 3 heterocycles. The Kier molecular flexibility index (Phi) is 3.88. The van der Waals surface area contributed by atoms with Crippen molar-refractivity contribution in [3.8, 4) is 22.3 Å². The third-order valence-corrected chi connectivity index (χ3v) is 5.24. The first-order valence-electron chi connectivity index (χ1n) is 9.27. The molecule has 0 aliphatic heterocycles. The number of rotatable bonds is 3. The lowest BCUT2D eigenvalue weighted by Gasteiger charge is -2.07. The van der Waals surface area contributed by atoms with E-state index < -0.39 is 5.97 Å². The second-order valence-corrected chi connectivity index (χ2v) is 7.07. The number of carbonyl (C=O) groups is 1. The molecule has 0 radical (unpaired) electrons. The maximum absolute atomic E-state index is 11.3. The number of H-pyrrole nitrogens is 1. The van der Waals surface area contributed by atoms with Crippen molar-refractivity contribution in [1.82, 2.24) is 15.0 Å². The Bertz CT molecular complexity index is 1400. The van der Waals surface area contributed by atoms with E-state index in [0.29, 0.717) is 5.56 Å². The summed E-state index contributed by atoms with van der Waals surface area (Å²) in [6, 6.07) is 17.7. The average Bonchev–Trinajstić information content (AvgIpc) is 3.16. The fourth-order valence-corrected chi connectivity index (χ4v) is 3.73. The van der Waals surface area contributed by atoms with E-state index in [2.05, 4.69) is 33.2 Å². The van der Waals surface area contributed by atoms with Gasteiger partial charge in [-0.05, 0) is 53.9 Å². The van der Waals surface area contributed by atoms with Crippen molar-refractivity contribution in [1.29, 1.82) is 0 Å². The van der Waals surface area contributed by atoms with Gasteiger partial charge >= 0.3 is 5.97 Å². The fourth-order valence-electron chi connectivity index (χ4n) is 3.73. The smallest absolute Gasteiger partial charge is 0.335 e. The molecule has 0 spiro atoms. The first-order chi connectivity index (χ1) is 14.1. The van der Waals surface area contributed by atoms with Gasteiger partial charge in [0.15, 0.2) is 0 Å². The summed E-state index contributed by atoms with van der Waals surface area (Å²) in [4.78, 5) is 23.5. The number of hydrogen-bond donors (Lipinski definition) is 2. The monoisotopic (exact) mass is 379 g/mol. The van der Waals surface area contributed by atoms with Gasteiger partial charge in [-0.1, -0.05) is 24.3 Å². The minimum Gasteiger partial charge on any atom is -0.478 e. The van der Waals surface area contributed by atoms with Gasteiger partial charge in [0.25, 0.3) is 0 Å². The zero-order chi connectivity index (χ0) is 20.0. The molecule has 140 valence electrons. The van der Waals surface area contributed by atoms with Crippen LogP contribution in [0.25, 0.3) is 44.2 Å². The van der Waals surface area contributed by atoms with Gasteiger partial charge in [-0.2, -0.15) is 0 Å². The number of aromatic carboxylic acids is 1. The predicted molar refractivity (Wildman–Crippen MR) is 114 cm³/mol. The maximum Gasteiger partial charge on any atom is 0.335 e. The predicted octanol–water partition coefficient (Wildman–Crippen LogP) is 5.45. The maximum atomic E-state index is 11.3. The number of carboxylic acid groups (broad SMARTS) is 1. The SMILES string of the molecule is Cc1cc(-c2c[nH]c3ncc(-c4ccc5ncccc5c4)cc23)ccc1C(=O)O. The number of nitrogens with one attached hydrogen (secondary N) is 1. The molecule has 0 atom stereocenters. The van der Waals surface area contributed by atoms with Crippen LogP contribution in [0.15, 0.2) is 73.2 Å². The lowest BCUT2D eigenvalue weighted by Crippen LogP contribution is -1.99. The largest absolute Gasteiger partial charge is 0.478 e. The second-order valence-electron chi connectivity index (χ2n) is 7.07. The van der Waals surface area contributed by atoms with Crippen LogP contribution in [0.2, 0.25) is 0 Å². The van der Waals surface area contributed by atoms with Crippen LogP contribution in [-0.4, -0.2) is 26.0 Å². The van der Waals surface area contributed by atoms with E-state index in [0.717, 1.165) is 49.8 Å². The Hall–Kier alpha value is -3.99. The summed E-state index contributed by atoms with van der Waals surface area (Å²) in [5, 5.41) is 11.4. The van der Waals surface area contributed by atoms with Crippen molar-refractivity contribution in [2.24, 2.45) is 0 Å². The molecule has 0 saturated heterocycles. The van der Waals surface area contributed by atoms with Gasteiger partial charge in [0.2, 0.25) is 0 Å². The number of aromatic nitrogens is 3. The molecule has 0 aliphatic rings. The van der Waals surface area contributed by atoms with Gasteiger partial charge < -0.3 is 10.1 Å². The zero-order valence-electron chi connectivity index (χ0n) is 15.7. The average molecular weight is 379 g/mol. The Labute approximate surface area is 166 Å². The van der Waals surface area contributed by atoms with Crippen LogP contribution in [-0.2, 0) is 0 Å². The molecule has 0 unspecified atom stereocenters. The van der Waals surface area contributed by atoms with E-state index in [9.17, 15) is 9.90 Å². The van der Waals surface area contributed by atoms with Crippen molar-refractivity contribution in [3.63, 3.8) is 0 Å². The minimum atomic E-state index is -0.914. The number of fused-ring (bicyclic) bond motifs is 2. The normalized spacial score (nSPS) is 11.2. The molecule has 2 aromatic carbocycles. The van der Waals surface area contributed by atoms with E-state index in [-0.39, 0.29) is 0 Å². The summed E-state index contributed by atoms with van der Waals surface area (Å²) < 4.78 is 0. The van der Waals surface area contributed by atoms with Crippen molar-refractivity contribution in [2.45, 2.75) is 6.92 Å². The summed E-state index contributed by atoms with van der Waals surface area (Å²) in [7, 11) is 0. The number of aromatic amines is 1. The zero-order valence-corrected chi connectivity index (χ0v) is 15.7. The number of hydrogen-bond acceptors (Lipinski definition) is 3. The Morgan fingerprint density at radius 2 is 1.83 bits per heavy atom. The molecule has 3 aromatic heterocycles. The highest BCUT2D eigenvalue weighted by atomic mass is 16.4. The van der Waals surface area contributed by atoms with Crippen molar-refractivity contribution in [2.75, 3.05) is 0 Å². The van der Waals surface area contributed by atoms with Crippen molar-refractivity contribution < 1.29 is 9.90 Å². The van der Waals surface area contributed by atoms with E-state index >= 15 is 0 Å². The second kappa shape index (κ2) is 6.56. The van der Waals surface area contributed by atoms with Crippen LogP contribution in [0.5, 0.6) is 0 Å². The van der Waals surface area contributed by atoms with Gasteiger partial charge in [0.1, 0.15) is 5.65 Å². The van der Waals surface area contributed by atoms with E-state index in [1.807, 2.05) is 49.6 Å². The van der Waals surface area contributed by atoms with Gasteiger partial charge in [-0.15, -0.1) is 0 Å². The molecule has 0 bridgehead atoms. The highest BCUT2D eigenvalue weighted by molar-refractivity contribution is 5.97. The Morgan fingerprint density at radius 1 is 0.966 bits per heavy atom. The Balaban J connectivity index is 1.63. The van der Waals surface area contributed by atoms with Gasteiger partial charge in [-0.3, -0.25) is 4.98 Å². The summed E-state index contributed by atoms with van der Waals surface area (Å²) in [6.07, 6.45) is 5.57.